The van der Waals surface area contributed by atoms with E-state index in [1.54, 1.807) is 0 Å². The molecule has 0 fully saturated rings. The summed E-state index contributed by atoms with van der Waals surface area (Å²) in [4.78, 5) is 22.9. The smallest absolute Gasteiger partial charge is 0.337 e. The van der Waals surface area contributed by atoms with E-state index in [2.05, 4.69) is 24.5 Å². The van der Waals surface area contributed by atoms with Crippen LogP contribution in [0.2, 0.25) is 5.02 Å². The van der Waals surface area contributed by atoms with Gasteiger partial charge in [-0.05, 0) is 29.0 Å². The van der Waals surface area contributed by atoms with Gasteiger partial charge in [0.25, 0.3) is 0 Å². The molecule has 0 aliphatic rings. The average Bonchev–Trinajstić information content (AvgIpc) is 2.64. The van der Waals surface area contributed by atoms with Crippen molar-refractivity contribution in [3.63, 3.8) is 0 Å². The lowest BCUT2D eigenvalue weighted by Crippen LogP contribution is -2.25. The minimum Gasteiger partial charge on any atom is -0.478 e. The van der Waals surface area contributed by atoms with E-state index in [-0.39, 0.29) is 23.6 Å². The van der Waals surface area contributed by atoms with Gasteiger partial charge in [0.2, 0.25) is 5.91 Å². The number of aryl methyl sites for hydroxylation is 1. The standard InChI is InChI=1S/C20H18ClNO3S/c1-13(20(24)25)18(12-26)22-19(23)11-8-14-6-9-15(10-7-14)16-4-2-3-5-17(16)21/h2-7,9-10,12,26H,1,8,11H2,(H,22,23)(H,24,25)/b18-12+. The van der Waals surface area contributed by atoms with Gasteiger partial charge in [-0.1, -0.05) is 60.6 Å². The van der Waals surface area contributed by atoms with Crippen molar-refractivity contribution in [1.82, 2.24) is 5.32 Å². The molecule has 0 heterocycles. The number of carbonyl (C=O) groups is 2. The molecule has 26 heavy (non-hydrogen) atoms. The van der Waals surface area contributed by atoms with Crippen LogP contribution in [0.25, 0.3) is 11.1 Å². The maximum Gasteiger partial charge on any atom is 0.337 e. The minimum absolute atomic E-state index is 0.0832. The lowest BCUT2D eigenvalue weighted by molar-refractivity contribution is -0.132. The largest absolute Gasteiger partial charge is 0.478 e. The van der Waals surface area contributed by atoms with Gasteiger partial charge in [-0.3, -0.25) is 4.79 Å². The first-order valence-corrected chi connectivity index (χ1v) is 8.72. The van der Waals surface area contributed by atoms with E-state index in [1.165, 1.54) is 5.41 Å². The Morgan fingerprint density at radius 2 is 1.81 bits per heavy atom. The number of nitrogens with one attached hydrogen (secondary N) is 1. The molecule has 134 valence electrons. The van der Waals surface area contributed by atoms with Gasteiger partial charge in [-0.15, -0.1) is 12.6 Å². The normalized spacial score (nSPS) is 11.1. The maximum atomic E-state index is 12.0. The van der Waals surface area contributed by atoms with E-state index < -0.39 is 5.97 Å². The van der Waals surface area contributed by atoms with Crippen LogP contribution in [-0.4, -0.2) is 17.0 Å². The molecule has 0 atom stereocenters. The lowest BCUT2D eigenvalue weighted by atomic mass is 10.0. The monoisotopic (exact) mass is 387 g/mol. The fourth-order valence-electron chi connectivity index (χ4n) is 2.32. The van der Waals surface area contributed by atoms with Crippen molar-refractivity contribution in [1.29, 1.82) is 0 Å². The number of rotatable bonds is 7. The Balaban J connectivity index is 1.96. The zero-order valence-corrected chi connectivity index (χ0v) is 15.6. The highest BCUT2D eigenvalue weighted by molar-refractivity contribution is 7.83. The Bertz CT molecular complexity index is 860. The molecule has 0 unspecified atom stereocenters. The summed E-state index contributed by atoms with van der Waals surface area (Å²) in [6.07, 6.45) is 0.734. The van der Waals surface area contributed by atoms with Crippen LogP contribution >= 0.6 is 24.2 Å². The fourth-order valence-corrected chi connectivity index (χ4v) is 2.78. The third-order valence-corrected chi connectivity index (χ3v) is 4.35. The predicted octanol–water partition coefficient (Wildman–Crippen LogP) is 4.47. The number of carboxylic acids is 1. The van der Waals surface area contributed by atoms with E-state index in [0.29, 0.717) is 11.4 Å². The summed E-state index contributed by atoms with van der Waals surface area (Å²) in [5, 5.41) is 13.3. The highest BCUT2D eigenvalue weighted by atomic mass is 35.5. The van der Waals surface area contributed by atoms with Gasteiger partial charge in [-0.25, -0.2) is 4.79 Å². The summed E-state index contributed by atoms with van der Waals surface area (Å²) in [6, 6.07) is 15.4. The number of aliphatic carboxylic acids is 1. The van der Waals surface area contributed by atoms with Crippen molar-refractivity contribution in [3.8, 4) is 11.1 Å². The summed E-state index contributed by atoms with van der Waals surface area (Å²) in [5.74, 6) is -1.51. The second-order valence-electron chi connectivity index (χ2n) is 5.55. The first-order chi connectivity index (χ1) is 12.4. The predicted molar refractivity (Wildman–Crippen MR) is 107 cm³/mol. The highest BCUT2D eigenvalue weighted by Crippen LogP contribution is 2.27. The number of thiol groups is 1. The molecule has 4 nitrogen and oxygen atoms in total. The number of amides is 1. The molecule has 0 aliphatic carbocycles. The van der Waals surface area contributed by atoms with Gasteiger partial charge in [0.15, 0.2) is 0 Å². The third-order valence-electron chi connectivity index (χ3n) is 3.77. The van der Waals surface area contributed by atoms with Gasteiger partial charge in [0.1, 0.15) is 0 Å². The quantitative estimate of drug-likeness (QED) is 0.373. The molecule has 2 N–H and O–H groups in total. The van der Waals surface area contributed by atoms with Crippen LogP contribution in [0.5, 0.6) is 0 Å². The topological polar surface area (TPSA) is 66.4 Å². The molecular weight excluding hydrogens is 370 g/mol. The fraction of sp³-hybridized carbons (Fsp3) is 0.100. The highest BCUT2D eigenvalue weighted by Gasteiger charge is 2.13. The molecule has 0 spiro atoms. The maximum absolute atomic E-state index is 12.0. The number of halogens is 1. The van der Waals surface area contributed by atoms with Gasteiger partial charge in [0.05, 0.1) is 11.3 Å². The van der Waals surface area contributed by atoms with Gasteiger partial charge in [-0.2, -0.15) is 0 Å². The molecule has 0 saturated heterocycles. The van der Waals surface area contributed by atoms with Crippen molar-refractivity contribution in [2.24, 2.45) is 0 Å². The first kappa shape index (κ1) is 19.8. The molecule has 0 aliphatic heterocycles. The van der Waals surface area contributed by atoms with E-state index in [0.717, 1.165) is 16.7 Å². The number of benzene rings is 2. The van der Waals surface area contributed by atoms with E-state index in [9.17, 15) is 9.59 Å². The minimum atomic E-state index is -1.21. The van der Waals surface area contributed by atoms with E-state index in [4.69, 9.17) is 16.7 Å². The summed E-state index contributed by atoms with van der Waals surface area (Å²) < 4.78 is 0. The molecule has 2 aromatic rings. The molecule has 6 heteroatoms. The average molecular weight is 388 g/mol. The lowest BCUT2D eigenvalue weighted by Gasteiger charge is -2.09. The molecule has 2 rings (SSSR count). The van der Waals surface area contributed by atoms with Crippen molar-refractivity contribution < 1.29 is 14.7 Å². The Morgan fingerprint density at radius 3 is 2.38 bits per heavy atom. The molecule has 0 radical (unpaired) electrons. The van der Waals surface area contributed by atoms with Gasteiger partial charge >= 0.3 is 5.97 Å². The molecule has 0 aromatic heterocycles. The van der Waals surface area contributed by atoms with E-state index in [1.807, 2.05) is 48.5 Å². The number of hydrogen-bond donors (Lipinski definition) is 3. The molecule has 0 bridgehead atoms. The molecule has 2 aromatic carbocycles. The van der Waals surface area contributed by atoms with Crippen molar-refractivity contribution >= 4 is 36.1 Å². The number of hydrogen-bond acceptors (Lipinski definition) is 3. The number of carbonyl (C=O) groups excluding carboxylic acids is 1. The van der Waals surface area contributed by atoms with Crippen LogP contribution in [0.4, 0.5) is 0 Å². The summed E-state index contributed by atoms with van der Waals surface area (Å²) in [7, 11) is 0. The molecular formula is C20H18ClNO3S. The summed E-state index contributed by atoms with van der Waals surface area (Å²) in [5.41, 5.74) is 2.82. The van der Waals surface area contributed by atoms with Crippen LogP contribution in [0.15, 0.2) is 71.8 Å². The zero-order valence-electron chi connectivity index (χ0n) is 13.9. The Hall–Kier alpha value is -2.50. The van der Waals surface area contributed by atoms with Crippen LogP contribution in [0.3, 0.4) is 0 Å². The Labute approximate surface area is 162 Å². The Kier molecular flexibility index (Phi) is 7.06. The van der Waals surface area contributed by atoms with Crippen molar-refractivity contribution in [2.75, 3.05) is 0 Å². The van der Waals surface area contributed by atoms with Crippen LogP contribution in [-0.2, 0) is 16.0 Å². The number of carboxylic acid groups (broad SMARTS) is 1. The van der Waals surface area contributed by atoms with Crippen molar-refractivity contribution in [3.05, 3.63) is 82.4 Å². The molecule has 1 amide bonds. The zero-order chi connectivity index (χ0) is 19.1. The van der Waals surface area contributed by atoms with Crippen LogP contribution < -0.4 is 5.32 Å². The van der Waals surface area contributed by atoms with Crippen molar-refractivity contribution in [2.45, 2.75) is 12.8 Å². The summed E-state index contributed by atoms with van der Waals surface area (Å²) in [6.45, 7) is 3.40. The Morgan fingerprint density at radius 1 is 1.15 bits per heavy atom. The van der Waals surface area contributed by atoms with Gasteiger partial charge < -0.3 is 10.4 Å². The summed E-state index contributed by atoms with van der Waals surface area (Å²) >= 11 is 10.1. The van der Waals surface area contributed by atoms with Crippen LogP contribution in [0.1, 0.15) is 12.0 Å². The first-order valence-electron chi connectivity index (χ1n) is 7.83. The molecule has 0 saturated carbocycles. The third kappa shape index (κ3) is 5.25. The van der Waals surface area contributed by atoms with Crippen LogP contribution in [0, 0.1) is 0 Å². The van der Waals surface area contributed by atoms with E-state index >= 15 is 0 Å². The SMILES string of the molecule is C=C(C(=O)O)/C(=C\S)NC(=O)CCc1ccc(-c2ccccc2Cl)cc1. The second kappa shape index (κ2) is 9.27. The van der Waals surface area contributed by atoms with Gasteiger partial charge in [0, 0.05) is 17.0 Å². The second-order valence-corrected chi connectivity index (χ2v) is 6.22.